The van der Waals surface area contributed by atoms with Gasteiger partial charge >= 0.3 is 0 Å². The molecule has 1 fully saturated rings. The number of nitrogens with one attached hydrogen (secondary N) is 2. The minimum Gasteiger partial charge on any atom is -0.382 e. The topological polar surface area (TPSA) is 128 Å². The molecule has 238 valence electrons. The maximum Gasteiger partial charge on any atom is 0.234 e. The van der Waals surface area contributed by atoms with Crippen LogP contribution in [0, 0.1) is 0 Å². The third-order valence-corrected chi connectivity index (χ3v) is 7.39. The van der Waals surface area contributed by atoms with E-state index in [-0.39, 0.29) is 24.8 Å². The molecule has 0 saturated carbocycles. The predicted octanol–water partition coefficient (Wildman–Crippen LogP) is 0.0980. The molecule has 12 nitrogen and oxygen atoms in total. The number of thiol groups is 3. The highest BCUT2D eigenvalue weighted by molar-refractivity contribution is 7.82. The van der Waals surface area contributed by atoms with Crippen molar-refractivity contribution in [2.24, 2.45) is 0 Å². The molecule has 1 aliphatic rings. The Labute approximate surface area is 255 Å². The molecule has 0 radical (unpaired) electrons. The standard InChI is InChI=1S/C25H50N2O10S3/c1-29-4-5-31-8-9-33-12-13-35-16-17-36-15-14-34-11-10-32-7-6-30-3-2-22-24(37-22)26-18-23(28)27-25(19-38,20-39)21-40/h22,24,26,38-40H,2-21H2,1H3,(H,27,28). The second kappa shape index (κ2) is 26.7. The van der Waals surface area contributed by atoms with E-state index in [0.717, 1.165) is 6.42 Å². The van der Waals surface area contributed by atoms with E-state index in [0.29, 0.717) is 116 Å². The van der Waals surface area contributed by atoms with Crippen molar-refractivity contribution in [3.8, 4) is 0 Å². The van der Waals surface area contributed by atoms with Crippen LogP contribution in [-0.4, -0.2) is 154 Å². The van der Waals surface area contributed by atoms with E-state index in [2.05, 4.69) is 48.5 Å². The summed E-state index contributed by atoms with van der Waals surface area (Å²) in [4.78, 5) is 12.1. The van der Waals surface area contributed by atoms with Gasteiger partial charge in [-0.1, -0.05) is 0 Å². The van der Waals surface area contributed by atoms with E-state index < -0.39 is 5.54 Å². The van der Waals surface area contributed by atoms with Crippen molar-refractivity contribution >= 4 is 43.8 Å². The second-order valence-electron chi connectivity index (χ2n) is 8.85. The minimum atomic E-state index is -0.512. The summed E-state index contributed by atoms with van der Waals surface area (Å²) in [6.07, 6.45) is 0.676. The zero-order valence-corrected chi connectivity index (χ0v) is 26.4. The first-order valence-electron chi connectivity index (χ1n) is 13.7. The summed E-state index contributed by atoms with van der Waals surface area (Å²) in [5.41, 5.74) is -0.512. The third-order valence-electron chi connectivity index (χ3n) is 5.57. The van der Waals surface area contributed by atoms with E-state index in [4.69, 9.17) is 42.6 Å². The third kappa shape index (κ3) is 20.9. The molecule has 0 aromatic rings. The van der Waals surface area contributed by atoms with Crippen molar-refractivity contribution in [2.75, 3.05) is 130 Å². The molecule has 1 rings (SSSR count). The molecule has 0 aliphatic carbocycles. The smallest absolute Gasteiger partial charge is 0.234 e. The molecular formula is C25H50N2O10S3. The van der Waals surface area contributed by atoms with Crippen LogP contribution in [0.4, 0.5) is 0 Å². The number of carbonyl (C=O) groups is 1. The van der Waals surface area contributed by atoms with Crippen molar-refractivity contribution in [2.45, 2.75) is 24.3 Å². The van der Waals surface area contributed by atoms with Crippen LogP contribution >= 0.6 is 37.9 Å². The van der Waals surface area contributed by atoms with Crippen LogP contribution in [0.1, 0.15) is 6.42 Å². The van der Waals surface area contributed by atoms with Crippen molar-refractivity contribution in [1.82, 2.24) is 10.6 Å². The summed E-state index contributed by atoms with van der Waals surface area (Å²) in [6.45, 7) is 8.10. The zero-order valence-electron chi connectivity index (χ0n) is 23.7. The fourth-order valence-electron chi connectivity index (χ4n) is 3.11. The Kier molecular flexibility index (Phi) is 25.5. The first-order chi connectivity index (χ1) is 19.6. The highest BCUT2D eigenvalue weighted by Gasteiger charge is 2.38. The lowest BCUT2D eigenvalue weighted by Gasteiger charge is -2.30. The van der Waals surface area contributed by atoms with Crippen LogP contribution in [0.5, 0.6) is 0 Å². The van der Waals surface area contributed by atoms with E-state index in [1.165, 1.54) is 0 Å². The highest BCUT2D eigenvalue weighted by Crippen LogP contribution is 2.22. The van der Waals surface area contributed by atoms with Crippen LogP contribution in [0.25, 0.3) is 0 Å². The molecule has 0 spiro atoms. The van der Waals surface area contributed by atoms with Crippen molar-refractivity contribution < 1.29 is 47.4 Å². The van der Waals surface area contributed by atoms with Gasteiger partial charge in [-0.05, 0) is 0 Å². The molecule has 15 heteroatoms. The van der Waals surface area contributed by atoms with Gasteiger partial charge in [-0.15, -0.1) is 0 Å². The van der Waals surface area contributed by atoms with Crippen molar-refractivity contribution in [1.29, 1.82) is 0 Å². The molecule has 2 N–H and O–H groups in total. The summed E-state index contributed by atoms with van der Waals surface area (Å²) in [7, 11) is 1.64. The van der Waals surface area contributed by atoms with Gasteiger partial charge in [-0.2, -0.15) is 37.9 Å². The van der Waals surface area contributed by atoms with Gasteiger partial charge in [-0.3, -0.25) is 10.1 Å². The Bertz CT molecular complexity index is 589. The van der Waals surface area contributed by atoms with Crippen molar-refractivity contribution in [3.05, 3.63) is 0 Å². The number of amides is 1. The first-order valence-corrected chi connectivity index (χ1v) is 15.6. The number of rotatable bonds is 31. The first kappa shape index (κ1) is 38.1. The molecule has 2 unspecified atom stereocenters. The van der Waals surface area contributed by atoms with E-state index in [1.54, 1.807) is 7.11 Å². The largest absolute Gasteiger partial charge is 0.382 e. The Morgan fingerprint density at radius 3 is 1.40 bits per heavy atom. The second-order valence-corrected chi connectivity index (χ2v) is 9.80. The van der Waals surface area contributed by atoms with E-state index in [9.17, 15) is 4.79 Å². The molecule has 1 aliphatic heterocycles. The Morgan fingerprint density at radius 2 is 1.02 bits per heavy atom. The molecule has 0 bridgehead atoms. The number of methoxy groups -OCH3 is 1. The van der Waals surface area contributed by atoms with Crippen LogP contribution in [-0.2, 0) is 47.4 Å². The maximum absolute atomic E-state index is 12.1. The van der Waals surface area contributed by atoms with Crippen LogP contribution in [0.15, 0.2) is 0 Å². The molecule has 1 saturated heterocycles. The normalized spacial score (nSPS) is 16.9. The van der Waals surface area contributed by atoms with Gasteiger partial charge in [0.1, 0.15) is 12.3 Å². The van der Waals surface area contributed by atoms with Gasteiger partial charge in [0.25, 0.3) is 0 Å². The Morgan fingerprint density at radius 1 is 0.650 bits per heavy atom. The van der Waals surface area contributed by atoms with Crippen LogP contribution in [0.2, 0.25) is 0 Å². The van der Waals surface area contributed by atoms with E-state index >= 15 is 0 Å². The average molecular weight is 635 g/mol. The lowest BCUT2D eigenvalue weighted by Crippen LogP contribution is -2.55. The molecule has 0 aromatic heterocycles. The SMILES string of the molecule is COCCOCCOCCOCCOCCOCCOCCOCCC1OC1NCC(=O)NC(CS)(CS)CS. The number of ether oxygens (including phenoxy) is 9. The highest BCUT2D eigenvalue weighted by atomic mass is 32.1. The minimum absolute atomic E-state index is 0.0521. The summed E-state index contributed by atoms with van der Waals surface area (Å²) < 4.78 is 48.5. The zero-order chi connectivity index (χ0) is 29.2. The van der Waals surface area contributed by atoms with Gasteiger partial charge in [0.05, 0.1) is 105 Å². The number of epoxide rings is 1. The monoisotopic (exact) mass is 634 g/mol. The Hall–Kier alpha value is 0.120. The van der Waals surface area contributed by atoms with Gasteiger partial charge in [0, 0.05) is 37.4 Å². The fraction of sp³-hybridized carbons (Fsp3) is 0.960. The van der Waals surface area contributed by atoms with Crippen molar-refractivity contribution in [3.63, 3.8) is 0 Å². The molecule has 1 amide bonds. The average Bonchev–Trinajstić information content (AvgIpc) is 3.73. The summed E-state index contributed by atoms with van der Waals surface area (Å²) in [6, 6.07) is 0. The number of hydrogen-bond donors (Lipinski definition) is 5. The Balaban J connectivity index is 1.75. The molecule has 2 atom stereocenters. The van der Waals surface area contributed by atoms with Crippen LogP contribution in [0.3, 0.4) is 0 Å². The summed E-state index contributed by atoms with van der Waals surface area (Å²) in [5.74, 6) is 1.29. The molecule has 0 aromatic carbocycles. The van der Waals surface area contributed by atoms with E-state index in [1.807, 2.05) is 0 Å². The maximum atomic E-state index is 12.1. The van der Waals surface area contributed by atoms with Crippen LogP contribution < -0.4 is 10.6 Å². The van der Waals surface area contributed by atoms with Gasteiger partial charge in [0.2, 0.25) is 5.91 Å². The number of carbonyl (C=O) groups excluding carboxylic acids is 1. The fourth-order valence-corrected chi connectivity index (χ4v) is 4.54. The summed E-state index contributed by atoms with van der Waals surface area (Å²) in [5, 5.41) is 6.02. The quantitative estimate of drug-likeness (QED) is 0.0405. The molecule has 1 heterocycles. The predicted molar refractivity (Wildman–Crippen MR) is 161 cm³/mol. The lowest BCUT2D eigenvalue weighted by atomic mass is 10.1. The number of hydrogen-bond acceptors (Lipinski definition) is 14. The summed E-state index contributed by atoms with van der Waals surface area (Å²) >= 11 is 12.9. The van der Waals surface area contributed by atoms with Gasteiger partial charge in [0.15, 0.2) is 0 Å². The molecule has 40 heavy (non-hydrogen) atoms. The van der Waals surface area contributed by atoms with Gasteiger partial charge in [-0.25, -0.2) is 0 Å². The lowest BCUT2D eigenvalue weighted by molar-refractivity contribution is -0.121. The van der Waals surface area contributed by atoms with Gasteiger partial charge < -0.3 is 47.9 Å². The molecular weight excluding hydrogens is 584 g/mol.